The van der Waals surface area contributed by atoms with E-state index in [9.17, 15) is 9.18 Å². The van der Waals surface area contributed by atoms with Gasteiger partial charge >= 0.3 is 6.03 Å². The number of hydrogen-bond donors (Lipinski definition) is 0. The fourth-order valence-electron chi connectivity index (χ4n) is 5.00. The summed E-state index contributed by atoms with van der Waals surface area (Å²) in [6.07, 6.45) is 8.25. The van der Waals surface area contributed by atoms with Crippen LogP contribution in [0.15, 0.2) is 45.6 Å². The summed E-state index contributed by atoms with van der Waals surface area (Å²) in [5.41, 5.74) is 0.0608. The molecule has 3 aliphatic heterocycles. The normalized spacial score (nSPS) is 30.6. The molecule has 3 heterocycles. The van der Waals surface area contributed by atoms with Crippen LogP contribution in [0.4, 0.5) is 9.18 Å². The molecule has 0 saturated carbocycles. The number of hydrogen-bond acceptors (Lipinski definition) is 3. The van der Waals surface area contributed by atoms with Crippen molar-refractivity contribution in [2.24, 2.45) is 15.4 Å². The Kier molecular flexibility index (Phi) is 6.31. The maximum Gasteiger partial charge on any atom is 0.320 e. The number of aliphatic imine (C=N–C) groups is 2. The molecule has 0 radical (unpaired) electrons. The lowest BCUT2D eigenvalue weighted by atomic mass is 9.79. The molecule has 1 spiro atoms. The largest absolute Gasteiger partial charge is 0.373 e. The monoisotopic (exact) mass is 447 g/mol. The highest BCUT2D eigenvalue weighted by Gasteiger charge is 2.51. The van der Waals surface area contributed by atoms with E-state index < -0.39 is 6.04 Å². The highest BCUT2D eigenvalue weighted by Crippen LogP contribution is 2.41. The summed E-state index contributed by atoms with van der Waals surface area (Å²) in [5, 5.41) is 0.527. The Labute approximate surface area is 185 Å². The van der Waals surface area contributed by atoms with Crippen LogP contribution in [0, 0.1) is 5.41 Å². The summed E-state index contributed by atoms with van der Waals surface area (Å²) < 4.78 is 20.5. The van der Waals surface area contributed by atoms with Crippen LogP contribution >= 0.6 is 9.24 Å². The predicted molar refractivity (Wildman–Crippen MR) is 124 cm³/mol. The smallest absolute Gasteiger partial charge is 0.320 e. The Morgan fingerprint density at radius 1 is 1.39 bits per heavy atom. The lowest BCUT2D eigenvalue weighted by Crippen LogP contribution is -2.62. The number of morpholine rings is 1. The minimum Gasteiger partial charge on any atom is -0.373 e. The molecule has 1 aliphatic carbocycles. The second-order valence-electron chi connectivity index (χ2n) is 8.91. The van der Waals surface area contributed by atoms with Crippen molar-refractivity contribution >= 4 is 27.9 Å². The van der Waals surface area contributed by atoms with E-state index in [1.54, 1.807) is 12.3 Å². The standard InChI is InChI=1S/C22H31FN5O2P/c1-4-8-25-20(24-3)27-13-22(14-27)7-9-26(12-22)21(29)28-15(2)11-30-18-5-6-19(31)16(23)10-17(18)28/h4,6,8,10,15,17-18H,3,5,7,9,11-14,31H2,1-2H3/b8-4-,25-20?. The average Bonchev–Trinajstić information content (AvgIpc) is 3.13. The molecule has 3 saturated heterocycles. The third kappa shape index (κ3) is 4.20. The zero-order valence-electron chi connectivity index (χ0n) is 18.2. The van der Waals surface area contributed by atoms with Crippen molar-refractivity contribution in [2.75, 3.05) is 32.8 Å². The van der Waals surface area contributed by atoms with Crippen LogP contribution in [0.2, 0.25) is 0 Å². The number of nitrogens with zero attached hydrogens (tertiary/aromatic N) is 5. The van der Waals surface area contributed by atoms with Crippen LogP contribution in [0.5, 0.6) is 0 Å². The van der Waals surface area contributed by atoms with E-state index in [4.69, 9.17) is 4.74 Å². The van der Waals surface area contributed by atoms with Gasteiger partial charge in [0, 0.05) is 43.1 Å². The van der Waals surface area contributed by atoms with Crippen LogP contribution in [-0.2, 0) is 4.74 Å². The van der Waals surface area contributed by atoms with Gasteiger partial charge in [0.05, 0.1) is 24.8 Å². The Bertz CT molecular complexity index is 864. The Morgan fingerprint density at radius 2 is 2.13 bits per heavy atom. The number of amides is 2. The number of likely N-dealkylation sites (tertiary alicyclic amines) is 2. The molecule has 4 unspecified atom stereocenters. The number of allylic oxidation sites excluding steroid dienone is 3. The summed E-state index contributed by atoms with van der Waals surface area (Å²) in [6, 6.07) is -0.533. The maximum absolute atomic E-state index is 14.5. The topological polar surface area (TPSA) is 60.7 Å². The second-order valence-corrected chi connectivity index (χ2v) is 9.53. The molecule has 168 valence electrons. The van der Waals surface area contributed by atoms with Crippen LogP contribution in [-0.4, -0.2) is 84.4 Å². The minimum absolute atomic E-state index is 0.0259. The van der Waals surface area contributed by atoms with E-state index in [0.29, 0.717) is 37.4 Å². The SMILES string of the molecule is C=NC(=N/C=C\C)N1CC2(CCN(C(=O)N3C(C)COC4CC=C(P)C(F)=CC43)C2)C1. The van der Waals surface area contributed by atoms with Crippen molar-refractivity contribution in [3.8, 4) is 0 Å². The minimum atomic E-state index is -0.399. The molecular formula is C22H31FN5O2P. The first-order chi connectivity index (χ1) is 14.9. The van der Waals surface area contributed by atoms with Gasteiger partial charge in [-0.15, -0.1) is 9.24 Å². The van der Waals surface area contributed by atoms with Gasteiger partial charge in [-0.3, -0.25) is 0 Å². The van der Waals surface area contributed by atoms with Crippen molar-refractivity contribution < 1.29 is 13.9 Å². The quantitative estimate of drug-likeness (QED) is 0.352. The van der Waals surface area contributed by atoms with Crippen LogP contribution in [0.25, 0.3) is 0 Å². The third-order valence-electron chi connectivity index (χ3n) is 6.64. The van der Waals surface area contributed by atoms with Crippen molar-refractivity contribution in [1.82, 2.24) is 14.7 Å². The number of urea groups is 1. The molecule has 4 aliphatic rings. The zero-order chi connectivity index (χ0) is 22.2. The molecule has 31 heavy (non-hydrogen) atoms. The number of halogens is 1. The molecule has 2 amide bonds. The molecule has 3 fully saturated rings. The lowest BCUT2D eigenvalue weighted by Gasteiger charge is -2.49. The van der Waals surface area contributed by atoms with Crippen molar-refractivity contribution in [1.29, 1.82) is 0 Å². The Morgan fingerprint density at radius 3 is 2.84 bits per heavy atom. The number of fused-ring (bicyclic) bond motifs is 1. The van der Waals surface area contributed by atoms with Gasteiger partial charge in [-0.05, 0) is 39.5 Å². The van der Waals surface area contributed by atoms with Crippen LogP contribution in [0.3, 0.4) is 0 Å². The van der Waals surface area contributed by atoms with Gasteiger partial charge in [0.15, 0.2) is 0 Å². The first kappa shape index (κ1) is 22.2. The fraction of sp³-hybridized carbons (Fsp3) is 0.591. The molecular weight excluding hydrogens is 416 g/mol. The highest BCUT2D eigenvalue weighted by molar-refractivity contribution is 7.23. The number of carbonyl (C=O) groups is 1. The van der Waals surface area contributed by atoms with E-state index in [1.165, 1.54) is 0 Å². The van der Waals surface area contributed by atoms with E-state index in [2.05, 4.69) is 30.8 Å². The summed E-state index contributed by atoms with van der Waals surface area (Å²) in [5.74, 6) is 0.323. The summed E-state index contributed by atoms with van der Waals surface area (Å²) in [4.78, 5) is 27.8. The van der Waals surface area contributed by atoms with E-state index in [-0.39, 0.29) is 29.4 Å². The summed E-state index contributed by atoms with van der Waals surface area (Å²) >= 11 is 0. The second kappa shape index (κ2) is 8.83. The first-order valence-electron chi connectivity index (χ1n) is 10.8. The van der Waals surface area contributed by atoms with Gasteiger partial charge in [0.25, 0.3) is 0 Å². The number of rotatable bonds is 1. The average molecular weight is 447 g/mol. The molecule has 9 heteroatoms. The number of ether oxygens (including phenoxy) is 1. The predicted octanol–water partition coefficient (Wildman–Crippen LogP) is 3.18. The van der Waals surface area contributed by atoms with Gasteiger partial charge in [0.2, 0.25) is 5.96 Å². The number of guanidine groups is 1. The fourth-order valence-corrected chi connectivity index (χ4v) is 5.23. The zero-order valence-corrected chi connectivity index (χ0v) is 19.4. The van der Waals surface area contributed by atoms with Gasteiger partial charge in [-0.1, -0.05) is 12.2 Å². The third-order valence-corrected chi connectivity index (χ3v) is 7.15. The van der Waals surface area contributed by atoms with Gasteiger partial charge in [-0.25, -0.2) is 19.2 Å². The van der Waals surface area contributed by atoms with E-state index >= 15 is 0 Å². The first-order valence-corrected chi connectivity index (χ1v) is 11.4. The van der Waals surface area contributed by atoms with Gasteiger partial charge < -0.3 is 19.4 Å². The molecule has 4 rings (SSSR count). The molecule has 0 N–H and O–H groups in total. The summed E-state index contributed by atoms with van der Waals surface area (Å²) in [6.45, 7) is 11.0. The maximum atomic E-state index is 14.5. The lowest BCUT2D eigenvalue weighted by molar-refractivity contribution is -0.0681. The van der Waals surface area contributed by atoms with Crippen molar-refractivity contribution in [2.45, 2.75) is 44.9 Å². The molecule has 0 aromatic heterocycles. The molecule has 4 atom stereocenters. The van der Waals surface area contributed by atoms with E-state index in [0.717, 1.165) is 19.5 Å². The Hall–Kier alpha value is -2.05. The van der Waals surface area contributed by atoms with Crippen molar-refractivity contribution in [3.05, 3.63) is 35.6 Å². The highest BCUT2D eigenvalue weighted by atomic mass is 31.0. The van der Waals surface area contributed by atoms with Crippen LogP contribution < -0.4 is 0 Å². The molecule has 7 nitrogen and oxygen atoms in total. The molecule has 0 aromatic rings. The van der Waals surface area contributed by atoms with Crippen LogP contribution in [0.1, 0.15) is 26.7 Å². The van der Waals surface area contributed by atoms with Gasteiger partial charge in [-0.2, -0.15) is 0 Å². The molecule has 0 aromatic carbocycles. The molecule has 0 bridgehead atoms. The summed E-state index contributed by atoms with van der Waals surface area (Å²) in [7, 11) is 2.43. The number of carbonyl (C=O) groups excluding carboxylic acids is 1. The van der Waals surface area contributed by atoms with E-state index in [1.807, 2.05) is 35.8 Å². The van der Waals surface area contributed by atoms with Gasteiger partial charge in [0.1, 0.15) is 5.83 Å². The Balaban J connectivity index is 1.45. The van der Waals surface area contributed by atoms with Crippen molar-refractivity contribution in [3.63, 3.8) is 0 Å².